The van der Waals surface area contributed by atoms with Gasteiger partial charge in [0.15, 0.2) is 0 Å². The van der Waals surface area contributed by atoms with Gasteiger partial charge in [0.2, 0.25) is 0 Å². The molecule has 0 atom stereocenters. The van der Waals surface area contributed by atoms with Gasteiger partial charge in [0, 0.05) is 12.3 Å². The molecule has 0 fully saturated rings. The molecule has 0 spiro atoms. The van der Waals surface area contributed by atoms with Crippen LogP contribution in [0.15, 0.2) is 40.9 Å². The lowest BCUT2D eigenvalue weighted by Crippen LogP contribution is -2.09. The van der Waals surface area contributed by atoms with Crippen LogP contribution in [0.4, 0.5) is 11.4 Å². The first-order valence-corrected chi connectivity index (χ1v) is 10.8. The van der Waals surface area contributed by atoms with Crippen LogP contribution in [0.1, 0.15) is 11.3 Å². The molecular formula is C22H18Cl2N4O2S. The third-order valence-electron chi connectivity index (χ3n) is 4.54. The predicted octanol–water partition coefficient (Wildman–Crippen LogP) is 6.55. The number of ether oxygens (including phenoxy) is 1. The van der Waals surface area contributed by atoms with E-state index in [0.29, 0.717) is 39.3 Å². The molecule has 0 saturated heterocycles. The molecule has 0 bridgehead atoms. The number of furan rings is 1. The molecule has 1 N–H and O–H groups in total. The van der Waals surface area contributed by atoms with Crippen LogP contribution in [0.2, 0.25) is 10.0 Å². The highest BCUT2D eigenvalue weighted by atomic mass is 35.5. The molecule has 3 aromatic heterocycles. The Kier molecular flexibility index (Phi) is 6.08. The highest BCUT2D eigenvalue weighted by Crippen LogP contribution is 2.42. The molecule has 3 heterocycles. The molecule has 0 aliphatic heterocycles. The van der Waals surface area contributed by atoms with Gasteiger partial charge in [-0.1, -0.05) is 23.2 Å². The van der Waals surface area contributed by atoms with Crippen LogP contribution < -0.4 is 10.1 Å². The zero-order chi connectivity index (χ0) is 22.1. The molecule has 1 aromatic carbocycles. The van der Waals surface area contributed by atoms with Crippen LogP contribution in [0.5, 0.6) is 5.75 Å². The van der Waals surface area contributed by atoms with Crippen LogP contribution in [-0.4, -0.2) is 31.1 Å². The van der Waals surface area contributed by atoms with E-state index in [1.165, 1.54) is 18.4 Å². The van der Waals surface area contributed by atoms with Gasteiger partial charge in [0.25, 0.3) is 0 Å². The first-order chi connectivity index (χ1) is 14.9. The average Bonchev–Trinajstić information content (AvgIpc) is 3.36. The number of hydrogen-bond donors (Lipinski definition) is 1. The van der Waals surface area contributed by atoms with Gasteiger partial charge in [-0.15, -0.1) is 11.3 Å². The Bertz CT molecular complexity index is 1310. The van der Waals surface area contributed by atoms with Crippen molar-refractivity contribution in [2.75, 3.05) is 26.5 Å². The number of nitrogens with zero attached hydrogens (tertiary/aromatic N) is 3. The van der Waals surface area contributed by atoms with Gasteiger partial charge in [0.05, 0.1) is 55.7 Å². The second-order valence-electron chi connectivity index (χ2n) is 7.08. The van der Waals surface area contributed by atoms with E-state index in [1.807, 2.05) is 37.2 Å². The number of benzene rings is 1. The molecule has 0 radical (unpaired) electrons. The molecular weight excluding hydrogens is 455 g/mol. The first-order valence-electron chi connectivity index (χ1n) is 9.26. The Hall–Kier alpha value is -2.76. The summed E-state index contributed by atoms with van der Waals surface area (Å²) in [6.45, 7) is 0.714. The predicted molar refractivity (Wildman–Crippen MR) is 126 cm³/mol. The SMILES string of the molecule is COc1cc(Nc2c(C#N)cnc3cc(-c4ccc(CN(C)C)o4)sc23)c(Cl)cc1Cl. The van der Waals surface area contributed by atoms with Gasteiger partial charge >= 0.3 is 0 Å². The lowest BCUT2D eigenvalue weighted by Gasteiger charge is -2.13. The van der Waals surface area contributed by atoms with Crippen LogP contribution >= 0.6 is 34.5 Å². The second kappa shape index (κ2) is 8.77. The molecule has 31 heavy (non-hydrogen) atoms. The highest BCUT2D eigenvalue weighted by Gasteiger charge is 2.17. The molecule has 4 aromatic rings. The summed E-state index contributed by atoms with van der Waals surface area (Å²) >= 11 is 14.0. The standard InChI is InChI=1S/C22H18Cl2N4O2S/c1-28(2)11-13-4-5-18(30-13)20-8-17-22(31-20)21(12(9-25)10-26-17)27-16-7-19(29-3)15(24)6-14(16)23/h4-8,10H,11H2,1-3H3,(H,26,27). The van der Waals surface area contributed by atoms with E-state index in [1.54, 1.807) is 18.3 Å². The topological polar surface area (TPSA) is 74.3 Å². The summed E-state index contributed by atoms with van der Waals surface area (Å²) in [7, 11) is 5.51. The summed E-state index contributed by atoms with van der Waals surface area (Å²) in [5.41, 5.74) is 2.35. The van der Waals surface area contributed by atoms with Gasteiger partial charge in [-0.3, -0.25) is 4.98 Å². The zero-order valence-corrected chi connectivity index (χ0v) is 19.3. The van der Waals surface area contributed by atoms with E-state index in [4.69, 9.17) is 32.4 Å². The van der Waals surface area contributed by atoms with Crippen molar-refractivity contribution >= 4 is 56.1 Å². The number of halogens is 2. The third kappa shape index (κ3) is 4.34. The first kappa shape index (κ1) is 21.5. The monoisotopic (exact) mass is 472 g/mol. The zero-order valence-electron chi connectivity index (χ0n) is 17.0. The van der Waals surface area contributed by atoms with Crippen LogP contribution in [0.25, 0.3) is 20.9 Å². The summed E-state index contributed by atoms with van der Waals surface area (Å²) in [5.74, 6) is 2.12. The molecule has 0 unspecified atom stereocenters. The number of thiophene rings is 1. The molecule has 0 amide bonds. The number of pyridine rings is 1. The maximum Gasteiger partial charge on any atom is 0.144 e. The van der Waals surface area contributed by atoms with E-state index in [0.717, 1.165) is 26.6 Å². The van der Waals surface area contributed by atoms with Crippen molar-refractivity contribution in [1.29, 1.82) is 5.26 Å². The van der Waals surface area contributed by atoms with Crippen molar-refractivity contribution in [3.05, 3.63) is 57.9 Å². The Morgan fingerprint density at radius 1 is 1.23 bits per heavy atom. The van der Waals surface area contributed by atoms with Crippen molar-refractivity contribution in [3.63, 3.8) is 0 Å². The van der Waals surface area contributed by atoms with Gasteiger partial charge in [0.1, 0.15) is 23.3 Å². The fourth-order valence-corrected chi connectivity index (χ4v) is 4.72. The van der Waals surface area contributed by atoms with Gasteiger partial charge in [-0.25, -0.2) is 0 Å². The third-order valence-corrected chi connectivity index (χ3v) is 6.30. The number of rotatable bonds is 6. The fraction of sp³-hybridized carbons (Fsp3) is 0.182. The number of hydrogen-bond acceptors (Lipinski definition) is 7. The van der Waals surface area contributed by atoms with Gasteiger partial charge < -0.3 is 19.4 Å². The Balaban J connectivity index is 1.78. The summed E-state index contributed by atoms with van der Waals surface area (Å²) in [5, 5.41) is 13.7. The number of nitrogens with one attached hydrogen (secondary N) is 1. The lowest BCUT2D eigenvalue weighted by molar-refractivity contribution is 0.353. The van der Waals surface area contributed by atoms with Crippen molar-refractivity contribution in [1.82, 2.24) is 9.88 Å². The molecule has 9 heteroatoms. The van der Waals surface area contributed by atoms with Crippen LogP contribution in [0.3, 0.4) is 0 Å². The van der Waals surface area contributed by atoms with Crippen molar-refractivity contribution in [2.45, 2.75) is 6.54 Å². The number of anilines is 2. The molecule has 0 aliphatic rings. The molecule has 158 valence electrons. The molecule has 0 saturated carbocycles. The van der Waals surface area contributed by atoms with E-state index >= 15 is 0 Å². The van der Waals surface area contributed by atoms with E-state index in [9.17, 15) is 5.26 Å². The van der Waals surface area contributed by atoms with E-state index in [-0.39, 0.29) is 0 Å². The van der Waals surface area contributed by atoms with Gasteiger partial charge in [-0.2, -0.15) is 5.26 Å². The largest absolute Gasteiger partial charge is 0.495 e. The minimum absolute atomic E-state index is 0.402. The minimum atomic E-state index is 0.402. The lowest BCUT2D eigenvalue weighted by atomic mass is 10.2. The second-order valence-corrected chi connectivity index (χ2v) is 8.95. The van der Waals surface area contributed by atoms with E-state index < -0.39 is 0 Å². The summed E-state index contributed by atoms with van der Waals surface area (Å²) in [4.78, 5) is 7.41. The molecule has 6 nitrogen and oxygen atoms in total. The fourth-order valence-electron chi connectivity index (χ4n) is 3.13. The summed E-state index contributed by atoms with van der Waals surface area (Å²) in [6, 6.07) is 11.4. The van der Waals surface area contributed by atoms with Crippen LogP contribution in [-0.2, 0) is 6.54 Å². The van der Waals surface area contributed by atoms with Crippen molar-refractivity contribution in [3.8, 4) is 22.5 Å². The quantitative estimate of drug-likeness (QED) is 0.342. The number of nitriles is 1. The van der Waals surface area contributed by atoms with E-state index in [2.05, 4.69) is 16.4 Å². The number of methoxy groups -OCH3 is 1. The molecule has 0 aliphatic carbocycles. The Labute approximate surface area is 193 Å². The minimum Gasteiger partial charge on any atom is -0.495 e. The maximum absolute atomic E-state index is 9.65. The Morgan fingerprint density at radius 2 is 2.03 bits per heavy atom. The summed E-state index contributed by atoms with van der Waals surface area (Å²) in [6.07, 6.45) is 1.54. The maximum atomic E-state index is 9.65. The smallest absolute Gasteiger partial charge is 0.144 e. The van der Waals surface area contributed by atoms with Gasteiger partial charge in [-0.05, 0) is 38.4 Å². The summed E-state index contributed by atoms with van der Waals surface area (Å²) < 4.78 is 12.1. The Morgan fingerprint density at radius 3 is 2.74 bits per heavy atom. The number of aromatic nitrogens is 1. The van der Waals surface area contributed by atoms with Crippen molar-refractivity contribution in [2.24, 2.45) is 0 Å². The average molecular weight is 473 g/mol. The highest BCUT2D eigenvalue weighted by molar-refractivity contribution is 7.22. The van der Waals surface area contributed by atoms with Crippen molar-refractivity contribution < 1.29 is 9.15 Å². The molecule has 4 rings (SSSR count). The normalized spacial score (nSPS) is 11.1. The van der Waals surface area contributed by atoms with Crippen LogP contribution in [0, 0.1) is 11.3 Å². The number of fused-ring (bicyclic) bond motifs is 1.